The number of nitrogens with one attached hydrogen (secondary N) is 1. The highest BCUT2D eigenvalue weighted by Crippen LogP contribution is 2.35. The fourth-order valence-corrected chi connectivity index (χ4v) is 2.59. The van der Waals surface area contributed by atoms with E-state index in [1.165, 1.54) is 23.1 Å². The summed E-state index contributed by atoms with van der Waals surface area (Å²) in [6.45, 7) is 0. The van der Waals surface area contributed by atoms with Crippen LogP contribution in [-0.2, 0) is 6.18 Å². The zero-order chi connectivity index (χ0) is 19.4. The molecule has 3 N–H and O–H groups in total. The molecule has 0 unspecified atom stereocenters. The summed E-state index contributed by atoms with van der Waals surface area (Å²) in [4.78, 5) is 14.2. The Balaban J connectivity index is 1.99. The molecule has 0 aromatic heterocycles. The monoisotopic (exact) mass is 371 g/mol. The van der Waals surface area contributed by atoms with E-state index in [0.717, 1.165) is 6.07 Å². The first kappa shape index (κ1) is 18.3. The third kappa shape index (κ3) is 4.20. The minimum absolute atomic E-state index is 0.314. The molecule has 3 rings (SSSR count). The number of amides is 2. The Morgan fingerprint density at radius 2 is 1.37 bits per heavy atom. The molecule has 0 aliphatic heterocycles. The third-order valence-corrected chi connectivity index (χ3v) is 3.84. The number of carbonyl (C=O) groups excluding carboxylic acids is 1. The van der Waals surface area contributed by atoms with Crippen molar-refractivity contribution in [1.82, 2.24) is 0 Å². The highest BCUT2D eigenvalue weighted by Gasteiger charge is 2.34. The first-order valence-corrected chi connectivity index (χ1v) is 8.04. The van der Waals surface area contributed by atoms with Gasteiger partial charge in [0.1, 0.15) is 0 Å². The van der Waals surface area contributed by atoms with Crippen LogP contribution in [0.25, 0.3) is 0 Å². The number of anilines is 4. The van der Waals surface area contributed by atoms with Crippen LogP contribution in [0.4, 0.5) is 40.7 Å². The Hall–Kier alpha value is -3.48. The predicted octanol–water partition coefficient (Wildman–Crippen LogP) is 5.66. The van der Waals surface area contributed by atoms with Crippen molar-refractivity contribution in [2.24, 2.45) is 0 Å². The van der Waals surface area contributed by atoms with Crippen molar-refractivity contribution >= 4 is 28.8 Å². The average molecular weight is 371 g/mol. The number of hydrogen-bond acceptors (Lipinski definition) is 2. The van der Waals surface area contributed by atoms with Crippen molar-refractivity contribution in [2.75, 3.05) is 16.0 Å². The van der Waals surface area contributed by atoms with Gasteiger partial charge in [-0.25, -0.2) is 4.79 Å². The second-order valence-corrected chi connectivity index (χ2v) is 5.74. The molecule has 0 spiro atoms. The van der Waals surface area contributed by atoms with Crippen LogP contribution in [0, 0.1) is 0 Å². The molecule has 2 amide bonds. The summed E-state index contributed by atoms with van der Waals surface area (Å²) in [6.07, 6.45) is -4.58. The molecular weight excluding hydrogens is 355 g/mol. The fourth-order valence-electron chi connectivity index (χ4n) is 2.59. The third-order valence-electron chi connectivity index (χ3n) is 3.84. The molecule has 7 heteroatoms. The largest absolute Gasteiger partial charge is 0.418 e. The van der Waals surface area contributed by atoms with Crippen molar-refractivity contribution in [2.45, 2.75) is 6.18 Å². The SMILES string of the molecule is Nc1ccc(N(C(=O)Nc2ccccc2C(F)(F)F)c2ccccc2)cc1. The minimum atomic E-state index is -4.58. The first-order valence-electron chi connectivity index (χ1n) is 8.04. The van der Waals surface area contributed by atoms with E-state index in [1.54, 1.807) is 54.6 Å². The van der Waals surface area contributed by atoms with E-state index in [2.05, 4.69) is 5.32 Å². The number of carbonyl (C=O) groups is 1. The van der Waals surface area contributed by atoms with Crippen molar-refractivity contribution in [3.63, 3.8) is 0 Å². The van der Waals surface area contributed by atoms with E-state index in [1.807, 2.05) is 0 Å². The van der Waals surface area contributed by atoms with E-state index in [9.17, 15) is 18.0 Å². The van der Waals surface area contributed by atoms with E-state index in [-0.39, 0.29) is 5.69 Å². The number of urea groups is 1. The molecule has 0 aliphatic carbocycles. The lowest BCUT2D eigenvalue weighted by Gasteiger charge is -2.24. The number of nitrogens with two attached hydrogens (primary N) is 1. The Kier molecular flexibility index (Phi) is 5.03. The standard InChI is InChI=1S/C20H16F3N3O/c21-20(22,23)17-8-4-5-9-18(17)25-19(27)26(15-6-2-1-3-7-15)16-12-10-14(24)11-13-16/h1-13H,24H2,(H,25,27). The molecule has 138 valence electrons. The summed E-state index contributed by atoms with van der Waals surface area (Å²) in [5, 5.41) is 2.36. The molecule has 0 saturated carbocycles. The van der Waals surface area contributed by atoms with Crippen LogP contribution in [0.1, 0.15) is 5.56 Å². The number of nitrogen functional groups attached to an aromatic ring is 1. The number of alkyl halides is 3. The maximum Gasteiger partial charge on any atom is 0.418 e. The number of rotatable bonds is 3. The van der Waals surface area contributed by atoms with Crippen LogP contribution < -0.4 is 16.0 Å². The van der Waals surface area contributed by atoms with Gasteiger partial charge in [-0.1, -0.05) is 30.3 Å². The molecule has 0 atom stereocenters. The number of para-hydroxylation sites is 2. The first-order chi connectivity index (χ1) is 12.9. The molecule has 27 heavy (non-hydrogen) atoms. The molecule has 0 saturated heterocycles. The predicted molar refractivity (Wildman–Crippen MR) is 99.9 cm³/mol. The molecule has 0 radical (unpaired) electrons. The Morgan fingerprint density at radius 3 is 2.00 bits per heavy atom. The smallest absolute Gasteiger partial charge is 0.399 e. The lowest BCUT2D eigenvalue weighted by atomic mass is 10.1. The summed E-state index contributed by atoms with van der Waals surface area (Å²) in [5.41, 5.74) is 5.94. The van der Waals surface area contributed by atoms with E-state index in [4.69, 9.17) is 5.73 Å². The summed E-state index contributed by atoms with van der Waals surface area (Å²) in [7, 11) is 0. The van der Waals surface area contributed by atoms with Crippen molar-refractivity contribution in [3.8, 4) is 0 Å². The minimum Gasteiger partial charge on any atom is -0.399 e. The number of hydrogen-bond donors (Lipinski definition) is 2. The van der Waals surface area contributed by atoms with Crippen LogP contribution >= 0.6 is 0 Å². The maximum atomic E-state index is 13.2. The van der Waals surface area contributed by atoms with Gasteiger partial charge in [-0.3, -0.25) is 4.90 Å². The topological polar surface area (TPSA) is 58.4 Å². The van der Waals surface area contributed by atoms with Gasteiger partial charge in [-0.05, 0) is 48.5 Å². The van der Waals surface area contributed by atoms with Crippen molar-refractivity contribution in [3.05, 3.63) is 84.4 Å². The van der Waals surface area contributed by atoms with Crippen molar-refractivity contribution in [1.29, 1.82) is 0 Å². The van der Waals surface area contributed by atoms with Crippen molar-refractivity contribution < 1.29 is 18.0 Å². The van der Waals surface area contributed by atoms with Crippen LogP contribution in [0.15, 0.2) is 78.9 Å². The Labute approximate surface area is 154 Å². The molecule has 3 aromatic rings. The van der Waals surface area contributed by atoms with E-state index >= 15 is 0 Å². The van der Waals surface area contributed by atoms with Crippen LogP contribution in [-0.4, -0.2) is 6.03 Å². The lowest BCUT2D eigenvalue weighted by molar-refractivity contribution is -0.136. The van der Waals surface area contributed by atoms with Gasteiger partial charge < -0.3 is 11.1 Å². The van der Waals surface area contributed by atoms with Crippen LogP contribution in [0.2, 0.25) is 0 Å². The molecule has 3 aromatic carbocycles. The second-order valence-electron chi connectivity index (χ2n) is 5.74. The zero-order valence-electron chi connectivity index (χ0n) is 14.1. The highest BCUT2D eigenvalue weighted by molar-refractivity contribution is 6.07. The van der Waals surface area contributed by atoms with Crippen LogP contribution in [0.3, 0.4) is 0 Å². The normalized spacial score (nSPS) is 11.1. The molecular formula is C20H16F3N3O. The fraction of sp³-hybridized carbons (Fsp3) is 0.0500. The molecule has 0 aliphatic rings. The average Bonchev–Trinajstić information content (AvgIpc) is 2.64. The van der Waals surface area contributed by atoms with Gasteiger partial charge in [0, 0.05) is 5.69 Å². The van der Waals surface area contributed by atoms with Gasteiger partial charge in [0.15, 0.2) is 0 Å². The van der Waals surface area contributed by atoms with Gasteiger partial charge in [0.2, 0.25) is 0 Å². The van der Waals surface area contributed by atoms with Gasteiger partial charge in [0.05, 0.1) is 22.6 Å². The zero-order valence-corrected chi connectivity index (χ0v) is 14.1. The summed E-state index contributed by atoms with van der Waals surface area (Å²) in [6, 6.07) is 19.2. The molecule has 0 fully saturated rings. The van der Waals surface area contributed by atoms with E-state index < -0.39 is 17.8 Å². The van der Waals surface area contributed by atoms with Gasteiger partial charge in [0.25, 0.3) is 0 Å². The summed E-state index contributed by atoms with van der Waals surface area (Å²) < 4.78 is 39.6. The number of halogens is 3. The summed E-state index contributed by atoms with van der Waals surface area (Å²) >= 11 is 0. The van der Waals surface area contributed by atoms with Gasteiger partial charge >= 0.3 is 12.2 Å². The maximum absolute atomic E-state index is 13.2. The Bertz CT molecular complexity index is 925. The number of nitrogens with zero attached hydrogens (tertiary/aromatic N) is 1. The van der Waals surface area contributed by atoms with Crippen LogP contribution in [0.5, 0.6) is 0 Å². The van der Waals surface area contributed by atoms with Gasteiger partial charge in [-0.15, -0.1) is 0 Å². The lowest BCUT2D eigenvalue weighted by Crippen LogP contribution is -2.31. The summed E-state index contributed by atoms with van der Waals surface area (Å²) in [5.74, 6) is 0. The van der Waals surface area contributed by atoms with E-state index in [0.29, 0.717) is 17.1 Å². The molecule has 0 heterocycles. The molecule has 4 nitrogen and oxygen atoms in total. The number of benzene rings is 3. The van der Waals surface area contributed by atoms with Gasteiger partial charge in [-0.2, -0.15) is 13.2 Å². The molecule has 0 bridgehead atoms. The highest BCUT2D eigenvalue weighted by atomic mass is 19.4. The second kappa shape index (κ2) is 7.41. The quantitative estimate of drug-likeness (QED) is 0.584. The Morgan fingerprint density at radius 1 is 0.815 bits per heavy atom.